The molecular weight excluding hydrogens is 260 g/mol. The number of hydrogen-bond acceptors (Lipinski definition) is 5. The molecule has 2 aromatic heterocycles. The van der Waals surface area contributed by atoms with Crippen molar-refractivity contribution in [3.8, 4) is 5.82 Å². The zero-order chi connectivity index (χ0) is 14.7. The second-order valence-corrected chi connectivity index (χ2v) is 4.54. The molecule has 0 aliphatic carbocycles. The summed E-state index contributed by atoms with van der Waals surface area (Å²) in [5.41, 5.74) is 2.20. The number of nitrogens with zero attached hydrogens (tertiary/aromatic N) is 2. The van der Waals surface area contributed by atoms with E-state index < -0.39 is 0 Å². The first-order chi connectivity index (χ1) is 9.54. The average Bonchev–Trinajstić information content (AvgIpc) is 2.93. The largest absolute Gasteiger partial charge is 0.460 e. The van der Waals surface area contributed by atoms with Gasteiger partial charge in [-0.15, -0.1) is 0 Å². The summed E-state index contributed by atoms with van der Waals surface area (Å²) < 4.78 is 16.9. The zero-order valence-electron chi connectivity index (χ0n) is 12.1. The number of carbonyl (C=O) groups is 1. The summed E-state index contributed by atoms with van der Waals surface area (Å²) >= 11 is 0. The highest BCUT2D eigenvalue weighted by atomic mass is 16.6. The second kappa shape index (κ2) is 5.92. The Bertz CT molecular complexity index is 613. The number of carbonyl (C=O) groups excluding carboxylic acids is 1. The fourth-order valence-electron chi connectivity index (χ4n) is 2.08. The van der Waals surface area contributed by atoms with E-state index in [4.69, 9.17) is 14.0 Å². The third kappa shape index (κ3) is 2.75. The van der Waals surface area contributed by atoms with Crippen LogP contribution < -0.4 is 0 Å². The Morgan fingerprint density at radius 3 is 2.65 bits per heavy atom. The summed E-state index contributed by atoms with van der Waals surface area (Å²) in [7, 11) is 1.56. The third-order valence-corrected chi connectivity index (χ3v) is 3.02. The maximum Gasteiger partial charge on any atom is 0.340 e. The Morgan fingerprint density at radius 1 is 1.30 bits per heavy atom. The summed E-state index contributed by atoms with van der Waals surface area (Å²) in [6, 6.07) is 3.61. The fourth-order valence-corrected chi connectivity index (χ4v) is 2.08. The predicted molar refractivity (Wildman–Crippen MR) is 72.2 cm³/mol. The highest BCUT2D eigenvalue weighted by Crippen LogP contribution is 2.21. The van der Waals surface area contributed by atoms with Crippen molar-refractivity contribution in [1.82, 2.24) is 9.72 Å². The molecule has 0 spiro atoms. The van der Waals surface area contributed by atoms with Crippen molar-refractivity contribution in [2.24, 2.45) is 0 Å². The molecule has 20 heavy (non-hydrogen) atoms. The van der Waals surface area contributed by atoms with Crippen LogP contribution in [0.5, 0.6) is 0 Å². The van der Waals surface area contributed by atoms with Crippen molar-refractivity contribution < 1.29 is 18.8 Å². The Hall–Kier alpha value is -2.08. The van der Waals surface area contributed by atoms with Gasteiger partial charge in [0.25, 0.3) is 0 Å². The predicted octanol–water partition coefficient (Wildman–Crippen LogP) is 2.19. The number of esters is 1. The number of aryl methyl sites for hydroxylation is 2. The van der Waals surface area contributed by atoms with Gasteiger partial charge >= 0.3 is 5.97 Å². The summed E-state index contributed by atoms with van der Waals surface area (Å²) in [6.07, 6.45) is 0. The highest BCUT2D eigenvalue weighted by molar-refractivity contribution is 5.91. The standard InChI is InChI=1S/C14H18N2O4/c1-9-7-12(14(17)19-6-5-18-4)11(3)16(9)13-8-10(2)20-15-13/h7-8H,5-6H2,1-4H3. The van der Waals surface area contributed by atoms with E-state index in [1.807, 2.05) is 31.4 Å². The molecule has 0 aliphatic rings. The smallest absolute Gasteiger partial charge is 0.340 e. The molecule has 0 saturated carbocycles. The molecule has 0 amide bonds. The number of ether oxygens (including phenoxy) is 2. The normalized spacial score (nSPS) is 10.8. The minimum absolute atomic E-state index is 0.238. The lowest BCUT2D eigenvalue weighted by atomic mass is 10.2. The molecule has 0 fully saturated rings. The second-order valence-electron chi connectivity index (χ2n) is 4.54. The first kappa shape index (κ1) is 14.3. The van der Waals surface area contributed by atoms with Crippen molar-refractivity contribution in [2.75, 3.05) is 20.3 Å². The molecule has 0 N–H and O–H groups in total. The molecule has 2 aromatic rings. The van der Waals surface area contributed by atoms with Gasteiger partial charge in [-0.2, -0.15) is 0 Å². The SMILES string of the molecule is COCCOC(=O)c1cc(C)n(-c2cc(C)on2)c1C. The van der Waals surface area contributed by atoms with Gasteiger partial charge in [-0.1, -0.05) is 5.16 Å². The Kier molecular flexibility index (Phi) is 4.24. The summed E-state index contributed by atoms with van der Waals surface area (Å²) in [5.74, 6) is 1.02. The molecule has 2 rings (SSSR count). The van der Waals surface area contributed by atoms with Crippen molar-refractivity contribution >= 4 is 5.97 Å². The first-order valence-electron chi connectivity index (χ1n) is 6.33. The van der Waals surface area contributed by atoms with Crippen molar-refractivity contribution in [2.45, 2.75) is 20.8 Å². The monoisotopic (exact) mass is 278 g/mol. The Balaban J connectivity index is 2.27. The van der Waals surface area contributed by atoms with Gasteiger partial charge in [0.1, 0.15) is 12.4 Å². The zero-order valence-corrected chi connectivity index (χ0v) is 12.1. The van der Waals surface area contributed by atoms with E-state index in [1.54, 1.807) is 13.2 Å². The number of aromatic nitrogens is 2. The van der Waals surface area contributed by atoms with Crippen molar-refractivity contribution in [3.63, 3.8) is 0 Å². The Morgan fingerprint density at radius 2 is 2.05 bits per heavy atom. The topological polar surface area (TPSA) is 66.5 Å². The number of hydrogen-bond donors (Lipinski definition) is 0. The third-order valence-electron chi connectivity index (χ3n) is 3.02. The van der Waals surface area contributed by atoms with Crippen LogP contribution in [0, 0.1) is 20.8 Å². The number of rotatable bonds is 5. The van der Waals surface area contributed by atoms with Gasteiger partial charge in [0.05, 0.1) is 12.2 Å². The van der Waals surface area contributed by atoms with Gasteiger partial charge in [0.2, 0.25) is 0 Å². The molecule has 6 nitrogen and oxygen atoms in total. The summed E-state index contributed by atoms with van der Waals surface area (Å²) in [5, 5.41) is 3.97. The van der Waals surface area contributed by atoms with Crippen LogP contribution >= 0.6 is 0 Å². The van der Waals surface area contributed by atoms with Gasteiger partial charge < -0.3 is 14.0 Å². The first-order valence-corrected chi connectivity index (χ1v) is 6.33. The minimum Gasteiger partial charge on any atom is -0.460 e. The molecule has 2 heterocycles. The van der Waals surface area contributed by atoms with Crippen molar-refractivity contribution in [3.05, 3.63) is 34.8 Å². The van der Waals surface area contributed by atoms with Crippen molar-refractivity contribution in [1.29, 1.82) is 0 Å². The minimum atomic E-state index is -0.360. The van der Waals surface area contributed by atoms with Gasteiger partial charge in [0, 0.05) is 24.6 Å². The van der Waals surface area contributed by atoms with Crippen LogP contribution in [0.3, 0.4) is 0 Å². The van der Waals surface area contributed by atoms with E-state index >= 15 is 0 Å². The van der Waals surface area contributed by atoms with Crippen LogP contribution in [0.1, 0.15) is 27.5 Å². The lowest BCUT2D eigenvalue weighted by Crippen LogP contribution is -2.11. The fraction of sp³-hybridized carbons (Fsp3) is 0.429. The maximum absolute atomic E-state index is 12.0. The van der Waals surface area contributed by atoms with Crippen LogP contribution in [0.2, 0.25) is 0 Å². The number of methoxy groups -OCH3 is 1. The van der Waals surface area contributed by atoms with E-state index in [-0.39, 0.29) is 12.6 Å². The molecule has 0 bridgehead atoms. The lowest BCUT2D eigenvalue weighted by Gasteiger charge is -2.06. The summed E-state index contributed by atoms with van der Waals surface area (Å²) in [4.78, 5) is 12.0. The summed E-state index contributed by atoms with van der Waals surface area (Å²) in [6.45, 7) is 6.20. The maximum atomic E-state index is 12.0. The lowest BCUT2D eigenvalue weighted by molar-refractivity contribution is 0.0387. The van der Waals surface area contributed by atoms with E-state index in [2.05, 4.69) is 5.16 Å². The molecule has 0 aliphatic heterocycles. The average molecular weight is 278 g/mol. The van der Waals surface area contributed by atoms with E-state index in [0.717, 1.165) is 17.1 Å². The van der Waals surface area contributed by atoms with E-state index in [9.17, 15) is 4.79 Å². The quantitative estimate of drug-likeness (QED) is 0.619. The van der Waals surface area contributed by atoms with Gasteiger partial charge in [0.15, 0.2) is 5.82 Å². The highest BCUT2D eigenvalue weighted by Gasteiger charge is 2.19. The Labute approximate surface area is 117 Å². The molecular formula is C14H18N2O4. The van der Waals surface area contributed by atoms with Gasteiger partial charge in [-0.25, -0.2) is 4.79 Å². The molecule has 0 aromatic carbocycles. The van der Waals surface area contributed by atoms with E-state index in [0.29, 0.717) is 18.0 Å². The van der Waals surface area contributed by atoms with Gasteiger partial charge in [-0.3, -0.25) is 4.57 Å². The molecule has 0 radical (unpaired) electrons. The molecule has 0 unspecified atom stereocenters. The molecule has 0 saturated heterocycles. The van der Waals surface area contributed by atoms with Crippen LogP contribution in [-0.4, -0.2) is 36.0 Å². The molecule has 0 atom stereocenters. The molecule has 108 valence electrons. The molecule has 6 heteroatoms. The van der Waals surface area contributed by atoms with Gasteiger partial charge in [-0.05, 0) is 26.8 Å². The van der Waals surface area contributed by atoms with E-state index in [1.165, 1.54) is 0 Å². The van der Waals surface area contributed by atoms with Crippen LogP contribution in [0.4, 0.5) is 0 Å². The van der Waals surface area contributed by atoms with Crippen LogP contribution in [-0.2, 0) is 9.47 Å². The van der Waals surface area contributed by atoms with Crippen LogP contribution in [0.25, 0.3) is 5.82 Å². The van der Waals surface area contributed by atoms with Crippen LogP contribution in [0.15, 0.2) is 16.7 Å².